The highest BCUT2D eigenvalue weighted by Gasteiger charge is 2.59. The molecule has 0 aromatic heterocycles. The van der Waals surface area contributed by atoms with E-state index in [1.54, 1.807) is 7.05 Å². The average Bonchev–Trinajstić information content (AvgIpc) is 2.74. The molecule has 0 spiro atoms. The zero-order valence-corrected chi connectivity index (χ0v) is 11.8. The van der Waals surface area contributed by atoms with Crippen molar-refractivity contribution >= 4 is 5.91 Å². The summed E-state index contributed by atoms with van der Waals surface area (Å²) in [6.45, 7) is 9.06. The highest BCUT2D eigenvalue weighted by Crippen LogP contribution is 2.62. The molecule has 3 nitrogen and oxygen atoms in total. The first kappa shape index (κ1) is 12.9. The van der Waals surface area contributed by atoms with Gasteiger partial charge in [0.1, 0.15) is 0 Å². The molecular weight excluding hydrogens is 212 g/mol. The number of hydrogen-bond donors (Lipinski definition) is 2. The van der Waals surface area contributed by atoms with E-state index in [2.05, 4.69) is 31.4 Å². The van der Waals surface area contributed by atoms with Crippen LogP contribution in [0.25, 0.3) is 0 Å². The van der Waals surface area contributed by atoms with E-state index in [1.807, 2.05) is 6.92 Å². The summed E-state index contributed by atoms with van der Waals surface area (Å²) < 4.78 is 0. The van der Waals surface area contributed by atoms with Gasteiger partial charge >= 0.3 is 0 Å². The van der Waals surface area contributed by atoms with Crippen molar-refractivity contribution in [3.05, 3.63) is 0 Å². The highest BCUT2D eigenvalue weighted by molar-refractivity contribution is 5.81. The monoisotopic (exact) mass is 238 g/mol. The minimum atomic E-state index is -0.0968. The van der Waals surface area contributed by atoms with E-state index < -0.39 is 0 Å². The Morgan fingerprint density at radius 3 is 2.47 bits per heavy atom. The lowest BCUT2D eigenvalue weighted by Gasteiger charge is -2.44. The Morgan fingerprint density at radius 2 is 2.00 bits per heavy atom. The lowest BCUT2D eigenvalue weighted by Crippen LogP contribution is -2.56. The smallest absolute Gasteiger partial charge is 0.236 e. The molecule has 0 aromatic rings. The van der Waals surface area contributed by atoms with E-state index >= 15 is 0 Å². The van der Waals surface area contributed by atoms with Gasteiger partial charge in [0.2, 0.25) is 5.91 Å². The molecule has 2 rings (SSSR count). The fourth-order valence-corrected chi connectivity index (χ4v) is 4.26. The van der Waals surface area contributed by atoms with Crippen LogP contribution < -0.4 is 10.6 Å². The predicted molar refractivity (Wildman–Crippen MR) is 69.7 cm³/mol. The summed E-state index contributed by atoms with van der Waals surface area (Å²) in [7, 11) is 1.70. The van der Waals surface area contributed by atoms with Gasteiger partial charge in [0, 0.05) is 13.1 Å². The fraction of sp³-hybridized carbons (Fsp3) is 0.929. The Hall–Kier alpha value is -0.570. The summed E-state index contributed by atoms with van der Waals surface area (Å²) in [4.78, 5) is 11.6. The Morgan fingerprint density at radius 1 is 1.35 bits per heavy atom. The fourth-order valence-electron chi connectivity index (χ4n) is 4.26. The van der Waals surface area contributed by atoms with E-state index in [-0.39, 0.29) is 11.9 Å². The van der Waals surface area contributed by atoms with Crippen LogP contribution in [-0.2, 0) is 4.79 Å². The molecule has 3 heteroatoms. The summed E-state index contributed by atoms with van der Waals surface area (Å²) in [5.41, 5.74) is 0.700. The van der Waals surface area contributed by atoms with Gasteiger partial charge in [0.25, 0.3) is 0 Å². The summed E-state index contributed by atoms with van der Waals surface area (Å²) in [6.07, 6.45) is 3.98. The molecule has 0 heterocycles. The normalized spacial score (nSPS) is 40.3. The lowest BCUT2D eigenvalue weighted by atomic mass is 9.68. The molecule has 2 aliphatic carbocycles. The number of hydrogen-bond acceptors (Lipinski definition) is 2. The number of likely N-dealkylation sites (N-methyl/N-ethyl adjacent to an activating group) is 1. The number of carbonyl (C=O) groups excluding carboxylic acids is 1. The molecule has 0 radical (unpaired) electrons. The average molecular weight is 238 g/mol. The second-order valence-corrected chi connectivity index (χ2v) is 6.85. The molecule has 98 valence electrons. The third-order valence-corrected chi connectivity index (χ3v) is 5.33. The topological polar surface area (TPSA) is 41.1 Å². The van der Waals surface area contributed by atoms with Gasteiger partial charge in [-0.15, -0.1) is 0 Å². The molecule has 2 bridgehead atoms. The number of nitrogens with one attached hydrogen (secondary N) is 2. The third kappa shape index (κ3) is 1.88. The van der Waals surface area contributed by atoms with Gasteiger partial charge in [-0.1, -0.05) is 20.8 Å². The van der Waals surface area contributed by atoms with Crippen molar-refractivity contribution < 1.29 is 4.79 Å². The predicted octanol–water partition coefficient (Wildman–Crippen LogP) is 1.93. The van der Waals surface area contributed by atoms with Crippen molar-refractivity contribution in [1.29, 1.82) is 0 Å². The quantitative estimate of drug-likeness (QED) is 0.789. The van der Waals surface area contributed by atoms with Crippen molar-refractivity contribution in [3.63, 3.8) is 0 Å². The molecule has 2 fully saturated rings. The van der Waals surface area contributed by atoms with Gasteiger partial charge in [-0.3, -0.25) is 4.79 Å². The van der Waals surface area contributed by atoms with Gasteiger partial charge in [-0.2, -0.15) is 0 Å². The second kappa shape index (κ2) is 3.98. The van der Waals surface area contributed by atoms with E-state index in [0.717, 1.165) is 5.92 Å². The maximum Gasteiger partial charge on any atom is 0.236 e. The molecule has 17 heavy (non-hydrogen) atoms. The molecule has 0 saturated heterocycles. The van der Waals surface area contributed by atoms with Crippen molar-refractivity contribution in [2.75, 3.05) is 7.05 Å². The number of amides is 1. The minimum absolute atomic E-state index is 0.0900. The first-order valence-electron chi connectivity index (χ1n) is 6.79. The van der Waals surface area contributed by atoms with Crippen LogP contribution in [-0.4, -0.2) is 25.0 Å². The Kier molecular flexibility index (Phi) is 3.01. The first-order valence-corrected chi connectivity index (χ1v) is 6.79. The van der Waals surface area contributed by atoms with Crippen molar-refractivity contribution in [3.8, 4) is 0 Å². The number of fused-ring (bicyclic) bond motifs is 2. The molecule has 0 aromatic carbocycles. The Labute approximate surface area is 105 Å². The first-order chi connectivity index (χ1) is 7.81. The Balaban J connectivity index is 2.12. The van der Waals surface area contributed by atoms with Gasteiger partial charge in [-0.25, -0.2) is 0 Å². The van der Waals surface area contributed by atoms with Crippen molar-refractivity contribution in [2.45, 2.75) is 59.0 Å². The standard InChI is InChI=1S/C14H26N2O/c1-9(11(17)15-5)16-12-13(2,3)10-6-7-14(12,4)8-10/h9-10,12,16H,6-8H2,1-5H3,(H,15,17)/t9?,10-,12?,14+/m0/s1. The van der Waals surface area contributed by atoms with Gasteiger partial charge < -0.3 is 10.6 Å². The van der Waals surface area contributed by atoms with Gasteiger partial charge in [-0.05, 0) is 42.9 Å². The van der Waals surface area contributed by atoms with Gasteiger partial charge in [0.05, 0.1) is 6.04 Å². The van der Waals surface area contributed by atoms with Crippen LogP contribution in [0.5, 0.6) is 0 Å². The van der Waals surface area contributed by atoms with E-state index in [4.69, 9.17) is 0 Å². The Bertz CT molecular complexity index is 321. The van der Waals surface area contributed by atoms with Crippen LogP contribution in [0.2, 0.25) is 0 Å². The van der Waals surface area contributed by atoms with Crippen LogP contribution >= 0.6 is 0 Å². The zero-order chi connectivity index (χ0) is 12.8. The number of carbonyl (C=O) groups is 1. The SMILES string of the molecule is CNC(=O)C(C)NC1C(C)(C)[C@H]2CC[C@]1(C)C2. The van der Waals surface area contributed by atoms with Crippen LogP contribution in [0.1, 0.15) is 47.0 Å². The minimum Gasteiger partial charge on any atom is -0.358 e. The molecule has 2 unspecified atom stereocenters. The summed E-state index contributed by atoms with van der Waals surface area (Å²) in [5.74, 6) is 0.911. The van der Waals surface area contributed by atoms with Crippen LogP contribution in [0.15, 0.2) is 0 Å². The van der Waals surface area contributed by atoms with Crippen LogP contribution in [0.3, 0.4) is 0 Å². The third-order valence-electron chi connectivity index (χ3n) is 5.33. The highest BCUT2D eigenvalue weighted by atomic mass is 16.2. The van der Waals surface area contributed by atoms with E-state index in [9.17, 15) is 4.79 Å². The van der Waals surface area contributed by atoms with Crippen LogP contribution in [0.4, 0.5) is 0 Å². The van der Waals surface area contributed by atoms with Crippen LogP contribution in [0, 0.1) is 16.7 Å². The summed E-state index contributed by atoms with van der Waals surface area (Å²) in [5, 5.41) is 6.30. The molecule has 4 atom stereocenters. The van der Waals surface area contributed by atoms with E-state index in [1.165, 1.54) is 19.3 Å². The molecular formula is C14H26N2O. The summed E-state index contributed by atoms with van der Waals surface area (Å²) in [6, 6.07) is 0.362. The lowest BCUT2D eigenvalue weighted by molar-refractivity contribution is -0.123. The molecule has 0 aliphatic heterocycles. The van der Waals surface area contributed by atoms with E-state index in [0.29, 0.717) is 16.9 Å². The molecule has 1 amide bonds. The van der Waals surface area contributed by atoms with Crippen molar-refractivity contribution in [2.24, 2.45) is 16.7 Å². The maximum absolute atomic E-state index is 11.6. The largest absolute Gasteiger partial charge is 0.358 e. The zero-order valence-electron chi connectivity index (χ0n) is 11.8. The summed E-state index contributed by atoms with van der Waals surface area (Å²) >= 11 is 0. The number of rotatable bonds is 3. The molecule has 2 N–H and O–H groups in total. The van der Waals surface area contributed by atoms with Crippen molar-refractivity contribution in [1.82, 2.24) is 10.6 Å². The maximum atomic E-state index is 11.6. The second-order valence-electron chi connectivity index (χ2n) is 6.85. The van der Waals surface area contributed by atoms with Gasteiger partial charge in [0.15, 0.2) is 0 Å². The molecule has 2 aliphatic rings. The molecule has 2 saturated carbocycles.